The lowest BCUT2D eigenvalue weighted by molar-refractivity contribution is 0.0645. The zero-order valence-electron chi connectivity index (χ0n) is 9.10. The molecule has 0 atom stereocenters. The summed E-state index contributed by atoms with van der Waals surface area (Å²) >= 11 is 0. The van der Waals surface area contributed by atoms with Crippen molar-refractivity contribution in [3.63, 3.8) is 0 Å². The van der Waals surface area contributed by atoms with Crippen LogP contribution in [0.2, 0.25) is 0 Å². The smallest absolute Gasteiger partial charge is 0.274 e. The second kappa shape index (κ2) is 3.96. The molecular weight excluding hydrogens is 190 g/mol. The van der Waals surface area contributed by atoms with Crippen LogP contribution in [-0.2, 0) is 0 Å². The van der Waals surface area contributed by atoms with E-state index in [0.29, 0.717) is 11.6 Å². The van der Waals surface area contributed by atoms with E-state index in [0.717, 1.165) is 25.2 Å². The maximum Gasteiger partial charge on any atom is 0.274 e. The number of carbonyl (C=O) groups excluding carboxylic acids is 1. The third kappa shape index (κ3) is 1.98. The van der Waals surface area contributed by atoms with Gasteiger partial charge in [-0.1, -0.05) is 13.8 Å². The molecule has 2 rings (SSSR count). The molecule has 1 aliphatic rings. The first-order valence-electron chi connectivity index (χ1n) is 5.29. The molecule has 0 aliphatic carbocycles. The number of hydrogen-bond acceptors (Lipinski definition) is 3. The molecule has 1 aromatic rings. The van der Waals surface area contributed by atoms with Crippen molar-refractivity contribution in [2.45, 2.75) is 26.2 Å². The minimum atomic E-state index is 0.00376. The molecule has 1 aliphatic heterocycles. The van der Waals surface area contributed by atoms with E-state index in [9.17, 15) is 4.79 Å². The van der Waals surface area contributed by atoms with E-state index in [4.69, 9.17) is 0 Å². The third-order valence-corrected chi connectivity index (χ3v) is 2.63. The van der Waals surface area contributed by atoms with Gasteiger partial charge in [0.1, 0.15) is 5.69 Å². The van der Waals surface area contributed by atoms with Gasteiger partial charge in [0, 0.05) is 19.3 Å². The summed E-state index contributed by atoms with van der Waals surface area (Å²) < 4.78 is 0. The summed E-state index contributed by atoms with van der Waals surface area (Å²) in [5.41, 5.74) is 1.38. The van der Waals surface area contributed by atoms with Crippen LogP contribution >= 0.6 is 0 Å². The van der Waals surface area contributed by atoms with Gasteiger partial charge in [-0.25, -0.2) is 4.98 Å². The minimum absolute atomic E-state index is 0.00376. The number of aromatic nitrogens is 2. The predicted octanol–water partition coefficient (Wildman–Crippen LogP) is 1.45. The van der Waals surface area contributed by atoms with Crippen LogP contribution in [-0.4, -0.2) is 33.9 Å². The summed E-state index contributed by atoms with van der Waals surface area (Å²) in [5, 5.41) is 0. The number of carbonyl (C=O) groups is 1. The zero-order valence-corrected chi connectivity index (χ0v) is 9.10. The van der Waals surface area contributed by atoms with Gasteiger partial charge >= 0.3 is 0 Å². The highest BCUT2D eigenvalue weighted by molar-refractivity contribution is 5.92. The average molecular weight is 205 g/mol. The molecule has 0 aromatic carbocycles. The maximum absolute atomic E-state index is 11.7. The summed E-state index contributed by atoms with van der Waals surface area (Å²) in [6.45, 7) is 5.82. The van der Waals surface area contributed by atoms with Crippen molar-refractivity contribution < 1.29 is 4.79 Å². The number of likely N-dealkylation sites (tertiary alicyclic amines) is 1. The second-order valence-electron chi connectivity index (χ2n) is 4.13. The lowest BCUT2D eigenvalue weighted by atomic mass is 10.1. The van der Waals surface area contributed by atoms with E-state index in [1.165, 1.54) is 0 Å². The quantitative estimate of drug-likeness (QED) is 0.734. The number of hydrogen-bond donors (Lipinski definition) is 0. The van der Waals surface area contributed by atoms with E-state index in [1.807, 2.05) is 0 Å². The van der Waals surface area contributed by atoms with E-state index in [1.54, 1.807) is 17.3 Å². The Bertz CT molecular complexity index is 355. The van der Waals surface area contributed by atoms with Crippen LogP contribution in [0.1, 0.15) is 42.4 Å². The summed E-state index contributed by atoms with van der Waals surface area (Å²) in [6.07, 6.45) is 4.37. The van der Waals surface area contributed by atoms with Crippen LogP contribution in [0.15, 0.2) is 12.4 Å². The first-order chi connectivity index (χ1) is 7.18. The average Bonchev–Trinajstić information content (AvgIpc) is 2.15. The van der Waals surface area contributed by atoms with Gasteiger partial charge in [0.15, 0.2) is 0 Å². The molecule has 0 unspecified atom stereocenters. The fraction of sp³-hybridized carbons (Fsp3) is 0.545. The molecule has 4 nitrogen and oxygen atoms in total. The van der Waals surface area contributed by atoms with Crippen molar-refractivity contribution >= 4 is 5.91 Å². The molecular formula is C11H15N3O. The summed E-state index contributed by atoms with van der Waals surface area (Å²) in [6, 6.07) is 0. The molecule has 1 amide bonds. The predicted molar refractivity (Wildman–Crippen MR) is 56.6 cm³/mol. The van der Waals surface area contributed by atoms with E-state index < -0.39 is 0 Å². The van der Waals surface area contributed by atoms with Crippen molar-refractivity contribution in [3.8, 4) is 0 Å². The maximum atomic E-state index is 11.7. The Morgan fingerprint density at radius 1 is 1.33 bits per heavy atom. The van der Waals surface area contributed by atoms with E-state index in [-0.39, 0.29) is 5.91 Å². The molecule has 4 heteroatoms. The van der Waals surface area contributed by atoms with Crippen molar-refractivity contribution in [3.05, 3.63) is 23.8 Å². The van der Waals surface area contributed by atoms with Crippen molar-refractivity contribution in [1.82, 2.24) is 14.9 Å². The van der Waals surface area contributed by atoms with Gasteiger partial charge in [-0.3, -0.25) is 9.78 Å². The van der Waals surface area contributed by atoms with Gasteiger partial charge < -0.3 is 4.90 Å². The minimum Gasteiger partial charge on any atom is -0.337 e. The first kappa shape index (κ1) is 10.1. The lowest BCUT2D eigenvalue weighted by Gasteiger charge is -2.30. The monoisotopic (exact) mass is 205 g/mol. The first-order valence-corrected chi connectivity index (χ1v) is 5.29. The van der Waals surface area contributed by atoms with Crippen LogP contribution < -0.4 is 0 Å². The fourth-order valence-electron chi connectivity index (χ4n) is 1.43. The molecule has 0 saturated carbocycles. The Labute approximate surface area is 89.3 Å². The van der Waals surface area contributed by atoms with Crippen LogP contribution in [0.4, 0.5) is 0 Å². The van der Waals surface area contributed by atoms with Crippen LogP contribution in [0, 0.1) is 0 Å². The van der Waals surface area contributed by atoms with Gasteiger partial charge in [0.05, 0.1) is 11.9 Å². The third-order valence-electron chi connectivity index (χ3n) is 2.63. The molecule has 1 aromatic heterocycles. The molecule has 0 bridgehead atoms. The summed E-state index contributed by atoms with van der Waals surface area (Å²) in [7, 11) is 0. The molecule has 0 radical (unpaired) electrons. The summed E-state index contributed by atoms with van der Waals surface area (Å²) in [4.78, 5) is 21.9. The highest BCUT2D eigenvalue weighted by atomic mass is 16.2. The normalized spacial score (nSPS) is 15.3. The van der Waals surface area contributed by atoms with Crippen LogP contribution in [0.5, 0.6) is 0 Å². The Morgan fingerprint density at radius 3 is 2.47 bits per heavy atom. The topological polar surface area (TPSA) is 46.1 Å². The SMILES string of the molecule is CC(C)c1cnc(C(=O)N2CCC2)cn1. The lowest BCUT2D eigenvalue weighted by Crippen LogP contribution is -2.42. The van der Waals surface area contributed by atoms with Gasteiger partial charge in [-0.05, 0) is 12.3 Å². The number of rotatable bonds is 2. The molecule has 80 valence electrons. The van der Waals surface area contributed by atoms with Crippen molar-refractivity contribution in [2.24, 2.45) is 0 Å². The Morgan fingerprint density at radius 2 is 2.07 bits per heavy atom. The summed E-state index contributed by atoms with van der Waals surface area (Å²) in [5.74, 6) is 0.356. The van der Waals surface area contributed by atoms with Crippen molar-refractivity contribution in [2.75, 3.05) is 13.1 Å². The van der Waals surface area contributed by atoms with Crippen LogP contribution in [0.3, 0.4) is 0 Å². The number of nitrogens with zero attached hydrogens (tertiary/aromatic N) is 3. The van der Waals surface area contributed by atoms with E-state index in [2.05, 4.69) is 23.8 Å². The molecule has 2 heterocycles. The van der Waals surface area contributed by atoms with Gasteiger partial charge in [-0.2, -0.15) is 0 Å². The molecule has 0 spiro atoms. The second-order valence-corrected chi connectivity index (χ2v) is 4.13. The van der Waals surface area contributed by atoms with Crippen LogP contribution in [0.25, 0.3) is 0 Å². The Balaban J connectivity index is 2.12. The van der Waals surface area contributed by atoms with Gasteiger partial charge in [0.2, 0.25) is 0 Å². The van der Waals surface area contributed by atoms with Crippen molar-refractivity contribution in [1.29, 1.82) is 0 Å². The fourth-order valence-corrected chi connectivity index (χ4v) is 1.43. The highest BCUT2D eigenvalue weighted by Gasteiger charge is 2.22. The molecule has 0 N–H and O–H groups in total. The van der Waals surface area contributed by atoms with E-state index >= 15 is 0 Å². The largest absolute Gasteiger partial charge is 0.337 e. The zero-order chi connectivity index (χ0) is 10.8. The van der Waals surface area contributed by atoms with Gasteiger partial charge in [0.25, 0.3) is 5.91 Å². The standard InChI is InChI=1S/C11H15N3O/c1-8(2)9-6-13-10(7-12-9)11(15)14-4-3-5-14/h6-8H,3-5H2,1-2H3. The van der Waals surface area contributed by atoms with Gasteiger partial charge in [-0.15, -0.1) is 0 Å². The molecule has 1 fully saturated rings. The highest BCUT2D eigenvalue weighted by Crippen LogP contribution is 2.12. The molecule has 1 saturated heterocycles. The Kier molecular flexibility index (Phi) is 2.66. The molecule has 15 heavy (non-hydrogen) atoms. The number of amides is 1. The Hall–Kier alpha value is -1.45.